The highest BCUT2D eigenvalue weighted by Crippen LogP contribution is 2.62. The molecular weight excluding hydrogens is 914 g/mol. The van der Waals surface area contributed by atoms with E-state index in [1.54, 1.807) is 0 Å². The van der Waals surface area contributed by atoms with E-state index >= 15 is 4.57 Å². The van der Waals surface area contributed by atoms with Gasteiger partial charge in [-0.25, -0.2) is 0 Å². The fourth-order valence-electron chi connectivity index (χ4n) is 12.2. The minimum atomic E-state index is -3.19. The van der Waals surface area contributed by atoms with Gasteiger partial charge in [-0.2, -0.15) is 0 Å². The topological polar surface area (TPSA) is 35.1 Å². The van der Waals surface area contributed by atoms with Gasteiger partial charge in [-0.3, -0.25) is 0 Å². The minimum absolute atomic E-state index is 0.429. The van der Waals surface area contributed by atoms with Crippen molar-refractivity contribution in [2.45, 2.75) is 15.2 Å². The number of hydrogen-bond donors (Lipinski definition) is 0. The van der Waals surface area contributed by atoms with E-state index in [1.807, 2.05) is 84.6 Å². The van der Waals surface area contributed by atoms with Crippen LogP contribution in [-0.4, -0.2) is 4.57 Å². The van der Waals surface area contributed by atoms with Crippen LogP contribution in [0.2, 0.25) is 0 Å². The largest absolute Gasteiger partial charge is 0.456 e. The van der Waals surface area contributed by atoms with Crippen molar-refractivity contribution in [2.75, 3.05) is 0 Å². The molecule has 3 heterocycles. The SMILES string of the molecule is O=P(c1ccccc1)(c1ccccc1)c1ccc(-n2c3ccc(-c4cccc5oc6ccccc6c45)cc3c3ccc(-c4ccc5c(c4)Sc4ccccc4C54c5ccccc5-c5ccccc54)cc32)cc1. The maximum atomic E-state index is 15.5. The Hall–Kier alpha value is -8.40. The van der Waals surface area contributed by atoms with Gasteiger partial charge in [-0.1, -0.05) is 200 Å². The van der Waals surface area contributed by atoms with Crippen molar-refractivity contribution in [1.29, 1.82) is 0 Å². The molecule has 0 atom stereocenters. The smallest absolute Gasteiger partial charge is 0.171 e. The quantitative estimate of drug-likeness (QED) is 0.156. The first-order chi connectivity index (χ1) is 35.6. The van der Waals surface area contributed by atoms with Crippen molar-refractivity contribution in [1.82, 2.24) is 4.57 Å². The van der Waals surface area contributed by atoms with E-state index in [0.717, 1.165) is 87.6 Å². The lowest BCUT2D eigenvalue weighted by Gasteiger charge is -2.39. The summed E-state index contributed by atoms with van der Waals surface area (Å²) in [5.74, 6) is 0. The van der Waals surface area contributed by atoms with E-state index in [9.17, 15) is 0 Å². The zero-order valence-corrected chi connectivity index (χ0v) is 40.6. The number of nitrogens with zero attached hydrogens (tertiary/aromatic N) is 1. The second-order valence-corrected chi connectivity index (χ2v) is 22.9. The highest BCUT2D eigenvalue weighted by atomic mass is 32.2. The highest BCUT2D eigenvalue weighted by molar-refractivity contribution is 7.99. The molecule has 338 valence electrons. The van der Waals surface area contributed by atoms with E-state index < -0.39 is 12.6 Å². The van der Waals surface area contributed by atoms with E-state index in [-0.39, 0.29) is 0 Å². The van der Waals surface area contributed by atoms with Crippen LogP contribution in [0.1, 0.15) is 22.3 Å². The molecule has 3 nitrogen and oxygen atoms in total. The number of furan rings is 1. The first kappa shape index (κ1) is 41.4. The Morgan fingerprint density at radius 2 is 0.944 bits per heavy atom. The van der Waals surface area contributed by atoms with Gasteiger partial charge >= 0.3 is 0 Å². The van der Waals surface area contributed by atoms with Gasteiger partial charge in [0.05, 0.1) is 16.4 Å². The molecule has 72 heavy (non-hydrogen) atoms. The van der Waals surface area contributed by atoms with Crippen LogP contribution in [0.5, 0.6) is 0 Å². The molecule has 0 amide bonds. The molecule has 2 aliphatic rings. The Labute approximate surface area is 421 Å². The Balaban J connectivity index is 0.926. The van der Waals surface area contributed by atoms with E-state index in [4.69, 9.17) is 4.42 Å². The summed E-state index contributed by atoms with van der Waals surface area (Å²) in [5, 5.41) is 6.97. The molecule has 13 aromatic rings. The highest BCUT2D eigenvalue weighted by Gasteiger charge is 2.50. The minimum Gasteiger partial charge on any atom is -0.456 e. The van der Waals surface area contributed by atoms with E-state index in [0.29, 0.717) is 0 Å². The Morgan fingerprint density at radius 1 is 0.375 bits per heavy atom. The average molecular weight is 956 g/mol. The lowest BCUT2D eigenvalue weighted by atomic mass is 9.67. The van der Waals surface area contributed by atoms with Crippen LogP contribution in [0.25, 0.3) is 82.8 Å². The molecule has 0 bridgehead atoms. The monoisotopic (exact) mass is 955 g/mol. The number of para-hydroxylation sites is 1. The molecule has 5 heteroatoms. The van der Waals surface area contributed by atoms with Crippen LogP contribution in [0.15, 0.2) is 269 Å². The fraction of sp³-hybridized carbons (Fsp3) is 0.0149. The first-order valence-corrected chi connectivity index (χ1v) is 27.0. The average Bonchev–Trinajstić information content (AvgIpc) is 4.10. The number of rotatable bonds is 6. The van der Waals surface area contributed by atoms with E-state index in [1.165, 1.54) is 43.2 Å². The van der Waals surface area contributed by atoms with Crippen LogP contribution in [0.3, 0.4) is 0 Å². The van der Waals surface area contributed by atoms with Crippen LogP contribution in [0, 0.1) is 0 Å². The molecule has 1 spiro atoms. The summed E-state index contributed by atoms with van der Waals surface area (Å²) in [6.07, 6.45) is 0. The van der Waals surface area contributed by atoms with Crippen LogP contribution in [-0.2, 0) is 9.98 Å². The third kappa shape index (κ3) is 5.85. The maximum Gasteiger partial charge on any atom is 0.171 e. The van der Waals surface area contributed by atoms with Gasteiger partial charge in [-0.15, -0.1) is 0 Å². The molecule has 1 aliphatic heterocycles. The summed E-state index contributed by atoms with van der Waals surface area (Å²) in [7, 11) is -3.19. The molecule has 0 N–H and O–H groups in total. The van der Waals surface area contributed by atoms with Crippen molar-refractivity contribution in [3.8, 4) is 39.1 Å². The molecule has 0 unspecified atom stereocenters. The van der Waals surface area contributed by atoms with Crippen molar-refractivity contribution >= 4 is 78.6 Å². The van der Waals surface area contributed by atoms with Gasteiger partial charge in [0.25, 0.3) is 0 Å². The Morgan fingerprint density at radius 3 is 1.69 bits per heavy atom. The van der Waals surface area contributed by atoms with Crippen molar-refractivity contribution in [3.63, 3.8) is 0 Å². The zero-order chi connectivity index (χ0) is 47.5. The molecule has 0 saturated heterocycles. The predicted octanol–water partition coefficient (Wildman–Crippen LogP) is 16.5. The fourth-order valence-corrected chi connectivity index (χ4v) is 16.1. The number of hydrogen-bond acceptors (Lipinski definition) is 3. The van der Waals surface area contributed by atoms with Crippen LogP contribution >= 0.6 is 18.9 Å². The molecule has 2 aromatic heterocycles. The number of aromatic nitrogens is 1. The number of benzene rings is 11. The van der Waals surface area contributed by atoms with Crippen LogP contribution < -0.4 is 15.9 Å². The molecule has 0 fully saturated rings. The summed E-state index contributed by atoms with van der Waals surface area (Å²) in [6, 6.07) is 90.9. The standard InChI is InChI=1S/C67H42NO2PS/c69-71(47-16-3-1-4-17-47,48-18-5-2-6-19-48)49-35-33-46(34-36-49)68-60-39-32-45(50-23-15-28-63-66(50)54-22-9-13-27-62(54)70-63)40-55(60)53-37-30-43(41-61(53)68)44-31-38-59-65(42-44)72-64-29-14-12-26-58(64)67(59)56-24-10-7-20-51(56)52-21-8-11-25-57(52)67/h1-42H. The Bertz CT molecular complexity index is 4310. The van der Waals surface area contributed by atoms with Crippen molar-refractivity contribution in [3.05, 3.63) is 277 Å². The van der Waals surface area contributed by atoms with Crippen molar-refractivity contribution in [2.24, 2.45) is 0 Å². The second kappa shape index (κ2) is 15.8. The van der Waals surface area contributed by atoms with Gasteiger partial charge in [0.15, 0.2) is 7.14 Å². The number of fused-ring (bicyclic) bond motifs is 15. The van der Waals surface area contributed by atoms with Gasteiger partial charge in [0.1, 0.15) is 11.2 Å². The summed E-state index contributed by atoms with van der Waals surface area (Å²) in [6.45, 7) is 0. The zero-order valence-electron chi connectivity index (χ0n) is 38.9. The summed E-state index contributed by atoms with van der Waals surface area (Å²) >= 11 is 1.88. The molecule has 0 saturated carbocycles. The first-order valence-electron chi connectivity index (χ1n) is 24.5. The van der Waals surface area contributed by atoms with Gasteiger partial charge in [0.2, 0.25) is 0 Å². The van der Waals surface area contributed by atoms with E-state index in [2.05, 4.69) is 187 Å². The lowest BCUT2D eigenvalue weighted by Crippen LogP contribution is -2.31. The second-order valence-electron chi connectivity index (χ2n) is 19.0. The van der Waals surface area contributed by atoms with Gasteiger partial charge in [0, 0.05) is 52.9 Å². The lowest BCUT2D eigenvalue weighted by molar-refractivity contribution is 0.592. The van der Waals surface area contributed by atoms with Crippen molar-refractivity contribution < 1.29 is 8.98 Å². The molecule has 0 radical (unpaired) electrons. The maximum absolute atomic E-state index is 15.5. The third-order valence-corrected chi connectivity index (χ3v) is 19.6. The molecule has 11 aromatic carbocycles. The Kier molecular flexibility index (Phi) is 9.08. The third-order valence-electron chi connectivity index (χ3n) is 15.4. The summed E-state index contributed by atoms with van der Waals surface area (Å²) in [5.41, 5.74) is 17.0. The summed E-state index contributed by atoms with van der Waals surface area (Å²) in [4.78, 5) is 2.55. The summed E-state index contributed by atoms with van der Waals surface area (Å²) < 4.78 is 24.3. The molecule has 1 aliphatic carbocycles. The van der Waals surface area contributed by atoms with Crippen LogP contribution in [0.4, 0.5) is 0 Å². The predicted molar refractivity (Wildman–Crippen MR) is 300 cm³/mol. The van der Waals surface area contributed by atoms with Gasteiger partial charge in [-0.05, 0) is 122 Å². The van der Waals surface area contributed by atoms with Gasteiger partial charge < -0.3 is 13.5 Å². The normalized spacial score (nSPS) is 13.4. The molecule has 15 rings (SSSR count). The molecular formula is C67H42NO2PS.